The fourth-order valence-electron chi connectivity index (χ4n) is 2.08. The van der Waals surface area contributed by atoms with Gasteiger partial charge in [0.25, 0.3) is 0 Å². The fraction of sp³-hybridized carbons (Fsp3) is 0.385. The van der Waals surface area contributed by atoms with Gasteiger partial charge in [-0.3, -0.25) is 0 Å². The third-order valence-electron chi connectivity index (χ3n) is 3.00. The van der Waals surface area contributed by atoms with E-state index in [4.69, 9.17) is 21.2 Å². The number of carbonyl (C=O) groups excluding carboxylic acids is 1. The molecule has 0 saturated heterocycles. The normalized spacial score (nSPS) is 14.0. The number of rotatable bonds is 3. The summed E-state index contributed by atoms with van der Waals surface area (Å²) in [6.07, 6.45) is 2.66. The van der Waals surface area contributed by atoms with Gasteiger partial charge in [0.1, 0.15) is 6.61 Å². The molecule has 4 nitrogen and oxygen atoms in total. The maximum Gasteiger partial charge on any atom is 0.338 e. The molecule has 19 heavy (non-hydrogen) atoms. The summed E-state index contributed by atoms with van der Waals surface area (Å²) >= 11 is 7.79. The number of hydrogen-bond acceptors (Lipinski definition) is 5. The largest absolute Gasteiger partial charge is 0.465 e. The van der Waals surface area contributed by atoms with Gasteiger partial charge < -0.3 is 9.57 Å². The number of nitrogens with zero attached hydrogens (tertiary/aromatic N) is 1. The molecule has 2 rings (SSSR count). The first-order valence-corrected chi connectivity index (χ1v) is 7.35. The molecule has 0 saturated carbocycles. The summed E-state index contributed by atoms with van der Waals surface area (Å²) in [5.41, 5.74) is 3.01. The molecule has 0 aromatic heterocycles. The zero-order chi connectivity index (χ0) is 14.0. The van der Waals surface area contributed by atoms with E-state index in [9.17, 15) is 4.79 Å². The van der Waals surface area contributed by atoms with Crippen LogP contribution in [-0.4, -0.2) is 31.7 Å². The maximum atomic E-state index is 11.8. The zero-order valence-electron chi connectivity index (χ0n) is 10.9. The lowest BCUT2D eigenvalue weighted by Crippen LogP contribution is -2.11. The van der Waals surface area contributed by atoms with Crippen molar-refractivity contribution in [3.63, 3.8) is 0 Å². The van der Waals surface area contributed by atoms with E-state index in [-0.39, 0.29) is 0 Å². The summed E-state index contributed by atoms with van der Waals surface area (Å²) in [6.45, 7) is 2.43. The van der Waals surface area contributed by atoms with Crippen LogP contribution in [0.2, 0.25) is 5.02 Å². The van der Waals surface area contributed by atoms with Crippen molar-refractivity contribution in [2.24, 2.45) is 5.16 Å². The van der Waals surface area contributed by atoms with Crippen LogP contribution in [-0.2, 0) is 9.57 Å². The number of halogens is 1. The number of oxime groups is 1. The van der Waals surface area contributed by atoms with Crippen molar-refractivity contribution in [3.05, 3.63) is 27.8 Å². The van der Waals surface area contributed by atoms with E-state index in [2.05, 4.69) is 5.16 Å². The van der Waals surface area contributed by atoms with E-state index in [0.717, 1.165) is 28.2 Å². The van der Waals surface area contributed by atoms with Gasteiger partial charge >= 0.3 is 5.97 Å². The van der Waals surface area contributed by atoms with Gasteiger partial charge in [0, 0.05) is 16.9 Å². The number of carbonyl (C=O) groups is 1. The molecule has 6 heteroatoms. The Labute approximate surface area is 121 Å². The first-order chi connectivity index (χ1) is 9.10. The van der Waals surface area contributed by atoms with E-state index in [0.29, 0.717) is 17.2 Å². The van der Waals surface area contributed by atoms with Gasteiger partial charge in [-0.25, -0.2) is 4.79 Å². The van der Waals surface area contributed by atoms with E-state index in [1.807, 2.05) is 13.2 Å². The number of ether oxygens (including phenoxy) is 1. The van der Waals surface area contributed by atoms with Crippen LogP contribution in [0.15, 0.2) is 16.1 Å². The number of thioether (sulfide) groups is 1. The number of methoxy groups -OCH3 is 1. The molecule has 1 aliphatic heterocycles. The van der Waals surface area contributed by atoms with Gasteiger partial charge in [0.2, 0.25) is 0 Å². The topological polar surface area (TPSA) is 47.9 Å². The third kappa shape index (κ3) is 2.58. The SMILES string of the molecule is COC(=O)c1cc(Cl)c(SC)c(C2=NOCC2)c1C. The summed E-state index contributed by atoms with van der Waals surface area (Å²) in [7, 11) is 1.36. The van der Waals surface area contributed by atoms with Gasteiger partial charge in [-0.05, 0) is 24.8 Å². The van der Waals surface area contributed by atoms with Crippen LogP contribution in [0.3, 0.4) is 0 Å². The van der Waals surface area contributed by atoms with Crippen molar-refractivity contribution in [2.75, 3.05) is 20.0 Å². The standard InChI is InChI=1S/C13H14ClNO3S/c1-7-8(13(16)17-2)6-9(14)12(19-3)11(7)10-4-5-18-15-10/h6H,4-5H2,1-3H3. The van der Waals surface area contributed by atoms with Crippen LogP contribution in [0, 0.1) is 6.92 Å². The average Bonchev–Trinajstić information content (AvgIpc) is 2.93. The second-order valence-electron chi connectivity index (χ2n) is 4.05. The fourth-order valence-corrected chi connectivity index (χ4v) is 3.24. The molecule has 0 fully saturated rings. The van der Waals surface area contributed by atoms with Crippen LogP contribution in [0.1, 0.15) is 27.9 Å². The Morgan fingerprint density at radius 2 is 2.32 bits per heavy atom. The highest BCUT2D eigenvalue weighted by Gasteiger charge is 2.24. The van der Waals surface area contributed by atoms with Gasteiger partial charge in [-0.2, -0.15) is 0 Å². The lowest BCUT2D eigenvalue weighted by Gasteiger charge is -2.15. The van der Waals surface area contributed by atoms with E-state index in [1.54, 1.807) is 6.07 Å². The molecule has 0 spiro atoms. The van der Waals surface area contributed by atoms with Crippen molar-refractivity contribution in [1.82, 2.24) is 0 Å². The second-order valence-corrected chi connectivity index (χ2v) is 5.28. The van der Waals surface area contributed by atoms with Crippen molar-refractivity contribution < 1.29 is 14.4 Å². The minimum absolute atomic E-state index is 0.396. The molecule has 1 aromatic rings. The Morgan fingerprint density at radius 3 is 2.84 bits per heavy atom. The highest BCUT2D eigenvalue weighted by Crippen LogP contribution is 2.35. The van der Waals surface area contributed by atoms with E-state index in [1.165, 1.54) is 18.9 Å². The van der Waals surface area contributed by atoms with Crippen molar-refractivity contribution in [3.8, 4) is 0 Å². The Morgan fingerprint density at radius 1 is 1.58 bits per heavy atom. The summed E-state index contributed by atoms with van der Waals surface area (Å²) in [6, 6.07) is 1.65. The molecule has 0 radical (unpaired) electrons. The summed E-state index contributed by atoms with van der Waals surface area (Å²) in [5.74, 6) is -0.396. The predicted molar refractivity (Wildman–Crippen MR) is 76.4 cm³/mol. The van der Waals surface area contributed by atoms with Crippen LogP contribution >= 0.6 is 23.4 Å². The van der Waals surface area contributed by atoms with Gasteiger partial charge in [0.15, 0.2) is 0 Å². The van der Waals surface area contributed by atoms with Gasteiger partial charge in [-0.15, -0.1) is 11.8 Å². The number of esters is 1. The van der Waals surface area contributed by atoms with Gasteiger partial charge in [0.05, 0.1) is 23.4 Å². The van der Waals surface area contributed by atoms with E-state index >= 15 is 0 Å². The minimum Gasteiger partial charge on any atom is -0.465 e. The van der Waals surface area contributed by atoms with Crippen LogP contribution in [0.25, 0.3) is 0 Å². The molecule has 0 aliphatic carbocycles. The lowest BCUT2D eigenvalue weighted by atomic mass is 9.97. The van der Waals surface area contributed by atoms with E-state index < -0.39 is 5.97 Å². The Hall–Kier alpha value is -1.20. The molecule has 0 amide bonds. The van der Waals surface area contributed by atoms with Crippen molar-refractivity contribution in [1.29, 1.82) is 0 Å². The molecule has 0 unspecified atom stereocenters. The maximum absolute atomic E-state index is 11.8. The summed E-state index contributed by atoms with van der Waals surface area (Å²) in [5, 5.41) is 4.57. The van der Waals surface area contributed by atoms with Crippen molar-refractivity contribution >= 4 is 35.0 Å². The molecule has 1 aliphatic rings. The molecular weight excluding hydrogens is 286 g/mol. The van der Waals surface area contributed by atoms with Crippen LogP contribution in [0.4, 0.5) is 0 Å². The Kier molecular flexibility index (Phi) is 4.37. The summed E-state index contributed by atoms with van der Waals surface area (Å²) in [4.78, 5) is 17.8. The van der Waals surface area contributed by atoms with Crippen LogP contribution in [0.5, 0.6) is 0 Å². The smallest absolute Gasteiger partial charge is 0.338 e. The highest BCUT2D eigenvalue weighted by atomic mass is 35.5. The molecule has 0 bridgehead atoms. The molecule has 102 valence electrons. The zero-order valence-corrected chi connectivity index (χ0v) is 12.5. The monoisotopic (exact) mass is 299 g/mol. The third-order valence-corrected chi connectivity index (χ3v) is 4.24. The van der Waals surface area contributed by atoms with Crippen molar-refractivity contribution in [2.45, 2.75) is 18.2 Å². The molecule has 0 atom stereocenters. The Balaban J connectivity index is 2.67. The average molecular weight is 300 g/mol. The highest BCUT2D eigenvalue weighted by molar-refractivity contribution is 7.98. The first-order valence-electron chi connectivity index (χ1n) is 5.74. The van der Waals surface area contributed by atoms with Crippen LogP contribution < -0.4 is 0 Å². The lowest BCUT2D eigenvalue weighted by molar-refractivity contribution is 0.0600. The molecule has 1 aromatic carbocycles. The second kappa shape index (κ2) is 5.84. The quantitative estimate of drug-likeness (QED) is 0.635. The first kappa shape index (κ1) is 14.2. The minimum atomic E-state index is -0.396. The predicted octanol–water partition coefficient (Wildman–Crippen LogP) is 3.28. The molecule has 0 N–H and O–H groups in total. The number of hydrogen-bond donors (Lipinski definition) is 0. The van der Waals surface area contributed by atoms with Gasteiger partial charge in [-0.1, -0.05) is 16.8 Å². The molecular formula is C13H14ClNO3S. The molecule has 1 heterocycles. The number of benzene rings is 1. The Bertz CT molecular complexity index is 557. The summed E-state index contributed by atoms with van der Waals surface area (Å²) < 4.78 is 4.79.